The van der Waals surface area contributed by atoms with Gasteiger partial charge in [-0.05, 0) is 49.4 Å². The van der Waals surface area contributed by atoms with Gasteiger partial charge in [0.15, 0.2) is 0 Å². The Morgan fingerprint density at radius 2 is 1.88 bits per heavy atom. The van der Waals surface area contributed by atoms with E-state index >= 15 is 0 Å². The summed E-state index contributed by atoms with van der Waals surface area (Å²) in [6.07, 6.45) is 5.61. The molecular weight excluding hydrogens is 210 g/mol. The monoisotopic (exact) mass is 233 g/mol. The van der Waals surface area contributed by atoms with Crippen LogP contribution in [0, 0.1) is 19.8 Å². The van der Waals surface area contributed by atoms with Crippen molar-refractivity contribution in [2.75, 3.05) is 6.54 Å². The predicted molar refractivity (Wildman–Crippen MR) is 71.2 cm³/mol. The summed E-state index contributed by atoms with van der Waals surface area (Å²) in [7, 11) is 0. The van der Waals surface area contributed by atoms with Gasteiger partial charge in [-0.3, -0.25) is 0 Å². The lowest BCUT2D eigenvalue weighted by Crippen LogP contribution is -2.21. The molecule has 1 aliphatic rings. The molecule has 1 aromatic carbocycles. The van der Waals surface area contributed by atoms with Crippen molar-refractivity contribution in [1.82, 2.24) is 5.32 Å². The smallest absolute Gasteiger partial charge is 0.121 e. The number of hydrogen-bond donors (Lipinski definition) is 2. The van der Waals surface area contributed by atoms with Crippen LogP contribution in [0.15, 0.2) is 12.1 Å². The molecule has 0 aromatic heterocycles. The number of aromatic hydroxyl groups is 1. The second kappa shape index (κ2) is 5.54. The highest BCUT2D eigenvalue weighted by Crippen LogP contribution is 2.28. The van der Waals surface area contributed by atoms with Crippen molar-refractivity contribution in [2.24, 2.45) is 5.92 Å². The summed E-state index contributed by atoms with van der Waals surface area (Å²) in [5, 5.41) is 13.2. The van der Waals surface area contributed by atoms with E-state index < -0.39 is 0 Å². The third-order valence-electron chi connectivity index (χ3n) is 3.83. The minimum atomic E-state index is 0.434. The lowest BCUT2D eigenvalue weighted by Gasteiger charge is -2.25. The summed E-state index contributed by atoms with van der Waals surface area (Å²) in [4.78, 5) is 0. The highest BCUT2D eigenvalue weighted by atomic mass is 16.3. The molecule has 2 heteroatoms. The van der Waals surface area contributed by atoms with Gasteiger partial charge >= 0.3 is 0 Å². The van der Waals surface area contributed by atoms with Crippen LogP contribution in [-0.2, 0) is 6.54 Å². The van der Waals surface area contributed by atoms with Gasteiger partial charge in [-0.1, -0.05) is 31.4 Å². The fourth-order valence-corrected chi connectivity index (χ4v) is 2.47. The van der Waals surface area contributed by atoms with Crippen LogP contribution in [0.3, 0.4) is 0 Å². The fraction of sp³-hybridized carbons (Fsp3) is 0.600. The molecule has 17 heavy (non-hydrogen) atoms. The number of nitrogens with one attached hydrogen (secondary N) is 1. The molecule has 0 saturated heterocycles. The van der Waals surface area contributed by atoms with Crippen LogP contribution in [0.5, 0.6) is 5.75 Å². The van der Waals surface area contributed by atoms with E-state index in [2.05, 4.69) is 17.4 Å². The molecule has 2 N–H and O–H groups in total. The molecule has 1 aliphatic carbocycles. The normalized spacial score (nSPS) is 15.9. The zero-order valence-electron chi connectivity index (χ0n) is 10.9. The molecule has 2 nitrogen and oxygen atoms in total. The lowest BCUT2D eigenvalue weighted by molar-refractivity contribution is 0.292. The Morgan fingerprint density at radius 3 is 2.41 bits per heavy atom. The van der Waals surface area contributed by atoms with E-state index in [1.165, 1.54) is 31.2 Å². The quantitative estimate of drug-likeness (QED) is 0.765. The van der Waals surface area contributed by atoms with Crippen LogP contribution >= 0.6 is 0 Å². The van der Waals surface area contributed by atoms with E-state index in [4.69, 9.17) is 0 Å². The number of rotatable bonds is 5. The van der Waals surface area contributed by atoms with E-state index in [-0.39, 0.29) is 0 Å². The lowest BCUT2D eigenvalue weighted by atomic mass is 9.83. The van der Waals surface area contributed by atoms with E-state index in [1.54, 1.807) is 0 Å². The van der Waals surface area contributed by atoms with Gasteiger partial charge in [0.2, 0.25) is 0 Å². The van der Waals surface area contributed by atoms with Crippen molar-refractivity contribution in [1.29, 1.82) is 0 Å². The van der Waals surface area contributed by atoms with Gasteiger partial charge < -0.3 is 10.4 Å². The summed E-state index contributed by atoms with van der Waals surface area (Å²) >= 11 is 0. The molecule has 0 bridgehead atoms. The zero-order valence-corrected chi connectivity index (χ0v) is 10.9. The molecule has 0 aliphatic heterocycles. The average molecular weight is 233 g/mol. The first-order valence-corrected chi connectivity index (χ1v) is 6.66. The first-order chi connectivity index (χ1) is 8.16. The van der Waals surface area contributed by atoms with Crippen molar-refractivity contribution in [2.45, 2.75) is 46.1 Å². The second-order valence-electron chi connectivity index (χ2n) is 5.34. The number of benzene rings is 1. The van der Waals surface area contributed by atoms with Gasteiger partial charge in [0.25, 0.3) is 0 Å². The molecule has 1 aromatic rings. The fourth-order valence-electron chi connectivity index (χ4n) is 2.47. The maximum absolute atomic E-state index is 9.69. The van der Waals surface area contributed by atoms with Crippen LogP contribution in [0.2, 0.25) is 0 Å². The Morgan fingerprint density at radius 1 is 1.24 bits per heavy atom. The van der Waals surface area contributed by atoms with Gasteiger partial charge in [0, 0.05) is 6.54 Å². The number of phenols is 1. The predicted octanol–water partition coefficient (Wildman–Crippen LogP) is 3.29. The molecule has 0 amide bonds. The van der Waals surface area contributed by atoms with Crippen molar-refractivity contribution in [3.05, 3.63) is 28.8 Å². The Hall–Kier alpha value is -1.02. The van der Waals surface area contributed by atoms with E-state index in [0.29, 0.717) is 5.75 Å². The molecule has 0 unspecified atom stereocenters. The van der Waals surface area contributed by atoms with Crippen LogP contribution in [0.25, 0.3) is 0 Å². The summed E-state index contributed by atoms with van der Waals surface area (Å²) < 4.78 is 0. The van der Waals surface area contributed by atoms with Crippen LogP contribution < -0.4 is 5.32 Å². The Kier molecular flexibility index (Phi) is 4.06. The van der Waals surface area contributed by atoms with Gasteiger partial charge in [-0.25, -0.2) is 0 Å². The van der Waals surface area contributed by atoms with Crippen LogP contribution in [0.1, 0.15) is 42.4 Å². The minimum absolute atomic E-state index is 0.434. The van der Waals surface area contributed by atoms with Gasteiger partial charge in [0.1, 0.15) is 5.75 Å². The van der Waals surface area contributed by atoms with E-state index in [9.17, 15) is 5.11 Å². The molecule has 1 saturated carbocycles. The van der Waals surface area contributed by atoms with Crippen LogP contribution in [-0.4, -0.2) is 11.7 Å². The standard InChI is InChI=1S/C15H23NO/c1-11-8-14(9-12(2)15(11)17)10-16-7-6-13-4-3-5-13/h8-9,13,16-17H,3-7,10H2,1-2H3. The highest BCUT2D eigenvalue weighted by Gasteiger charge is 2.16. The Balaban J connectivity index is 1.78. The third-order valence-corrected chi connectivity index (χ3v) is 3.83. The van der Waals surface area contributed by atoms with Crippen molar-refractivity contribution >= 4 is 0 Å². The molecule has 0 atom stereocenters. The van der Waals surface area contributed by atoms with E-state index in [0.717, 1.165) is 30.1 Å². The summed E-state index contributed by atoms with van der Waals surface area (Å²) in [6.45, 7) is 5.94. The number of aryl methyl sites for hydroxylation is 2. The minimum Gasteiger partial charge on any atom is -0.507 e. The van der Waals surface area contributed by atoms with Crippen molar-refractivity contribution in [3.8, 4) is 5.75 Å². The Labute approximate surface area is 104 Å². The second-order valence-corrected chi connectivity index (χ2v) is 5.34. The molecule has 94 valence electrons. The van der Waals surface area contributed by atoms with Gasteiger partial charge in [0.05, 0.1) is 0 Å². The van der Waals surface area contributed by atoms with E-state index in [1.807, 2.05) is 13.8 Å². The van der Waals surface area contributed by atoms with Crippen molar-refractivity contribution in [3.63, 3.8) is 0 Å². The largest absolute Gasteiger partial charge is 0.507 e. The van der Waals surface area contributed by atoms with Gasteiger partial charge in [-0.15, -0.1) is 0 Å². The summed E-state index contributed by atoms with van der Waals surface area (Å²) in [5.41, 5.74) is 3.22. The molecule has 0 radical (unpaired) electrons. The zero-order chi connectivity index (χ0) is 12.3. The first kappa shape index (κ1) is 12.4. The topological polar surface area (TPSA) is 32.3 Å². The number of hydrogen-bond acceptors (Lipinski definition) is 2. The maximum Gasteiger partial charge on any atom is 0.121 e. The van der Waals surface area contributed by atoms with Crippen molar-refractivity contribution < 1.29 is 5.11 Å². The molecular formula is C15H23NO. The SMILES string of the molecule is Cc1cc(CNCCC2CCC2)cc(C)c1O. The molecule has 2 rings (SSSR count). The highest BCUT2D eigenvalue weighted by molar-refractivity contribution is 5.42. The summed E-state index contributed by atoms with van der Waals surface area (Å²) in [6, 6.07) is 4.14. The molecule has 0 spiro atoms. The summed E-state index contributed by atoms with van der Waals surface area (Å²) in [5.74, 6) is 1.41. The molecule has 1 fully saturated rings. The number of phenolic OH excluding ortho intramolecular Hbond substituents is 1. The van der Waals surface area contributed by atoms with Gasteiger partial charge in [-0.2, -0.15) is 0 Å². The average Bonchev–Trinajstić information content (AvgIpc) is 2.23. The van der Waals surface area contributed by atoms with Crippen LogP contribution in [0.4, 0.5) is 0 Å². The Bertz CT molecular complexity index is 360. The first-order valence-electron chi connectivity index (χ1n) is 6.66. The molecule has 0 heterocycles. The third kappa shape index (κ3) is 3.22. The maximum atomic E-state index is 9.69.